The second kappa shape index (κ2) is 28.9. The van der Waals surface area contributed by atoms with Crippen molar-refractivity contribution in [1.29, 1.82) is 0 Å². The molecule has 8 rings (SSSR count). The molecule has 13 nitrogen and oxygen atoms in total. The van der Waals surface area contributed by atoms with Crippen LogP contribution in [0.25, 0.3) is 27.2 Å². The first-order chi connectivity index (χ1) is 37.6. The third-order valence-corrected chi connectivity index (χ3v) is 12.7. The largest absolute Gasteiger partial charge is 0.464 e. The third-order valence-electron chi connectivity index (χ3n) is 12.7. The van der Waals surface area contributed by atoms with Crippen LogP contribution in [0.2, 0.25) is 0 Å². The fraction of sp³-hybridized carbons (Fsp3) is 0.254. The van der Waals surface area contributed by atoms with Gasteiger partial charge in [-0.25, -0.2) is 20.1 Å². The average molecular weight is 1060 g/mol. The van der Waals surface area contributed by atoms with Crippen molar-refractivity contribution in [2.75, 3.05) is 50.6 Å². The molecular weight excluding hydrogens is 993 g/mol. The van der Waals surface area contributed by atoms with Gasteiger partial charge < -0.3 is 34.4 Å². The number of ether oxygens (including phenoxy) is 2. The predicted octanol–water partition coefficient (Wildman–Crippen LogP) is 11.9. The highest BCUT2D eigenvalue weighted by Gasteiger charge is 2.41. The number of amides is 3. The number of hydrogen-bond donors (Lipinski definition) is 2. The van der Waals surface area contributed by atoms with Crippen LogP contribution in [0.15, 0.2) is 170 Å². The van der Waals surface area contributed by atoms with Gasteiger partial charge in [0.15, 0.2) is 5.78 Å². The number of morpholine rings is 1. The Labute approximate surface area is 454 Å². The minimum atomic E-state index is -1.24. The topological polar surface area (TPSA) is 157 Å². The standard InChI is InChI=1S/C33H34FN3O3.C26H24FNO3.C4H5NO2/c1-23(2)31-30(33(39)35-27-11-7-4-8-12-27)29(24-9-5-3-6-10-24)32(25-13-15-26(34)16-14-25)37(31)18-17-28(38)36-19-21-40-22-20-36;1-17(2)24(29)23(26(31)28-21-11-7-4-8-12-21)22(18-9-5-3-6-10-18)25(30)19-13-15-20(27)16-14-19;1-5-3-4(6)7-2/h3-16,23H,17-22H2,1-2H3,(H,35,39);3-17,22-23H,1-2H3,(H,28,31);3H2,2H3. The minimum Gasteiger partial charge on any atom is -0.464 e. The van der Waals surface area contributed by atoms with Crippen LogP contribution in [0.4, 0.5) is 20.2 Å². The number of halogens is 2. The summed E-state index contributed by atoms with van der Waals surface area (Å²) in [5.74, 6) is -5.52. The van der Waals surface area contributed by atoms with E-state index in [1.165, 1.54) is 43.5 Å². The van der Waals surface area contributed by atoms with Gasteiger partial charge in [-0.3, -0.25) is 24.0 Å². The van der Waals surface area contributed by atoms with Crippen molar-refractivity contribution in [3.8, 4) is 22.4 Å². The van der Waals surface area contributed by atoms with Crippen molar-refractivity contribution in [3.05, 3.63) is 215 Å². The molecule has 0 bridgehead atoms. The summed E-state index contributed by atoms with van der Waals surface area (Å²) in [6, 6.07) is 48.2. The van der Waals surface area contributed by atoms with Gasteiger partial charge in [-0.1, -0.05) is 125 Å². The van der Waals surface area contributed by atoms with Gasteiger partial charge in [0.25, 0.3) is 5.91 Å². The van der Waals surface area contributed by atoms with Crippen LogP contribution < -0.4 is 10.6 Å². The smallest absolute Gasteiger partial charge is 0.386 e. The number of anilines is 2. The van der Waals surface area contributed by atoms with Gasteiger partial charge in [-0.15, -0.1) is 0 Å². The van der Waals surface area contributed by atoms with Gasteiger partial charge in [-0.2, -0.15) is 0 Å². The van der Waals surface area contributed by atoms with Gasteiger partial charge in [0.1, 0.15) is 23.3 Å². The van der Waals surface area contributed by atoms with Crippen molar-refractivity contribution in [3.63, 3.8) is 0 Å². The van der Waals surface area contributed by atoms with Crippen LogP contribution in [0.3, 0.4) is 0 Å². The molecule has 1 aliphatic heterocycles. The molecule has 2 heterocycles. The SMILES string of the molecule is CC(C)C(=O)C(C(=O)Nc1ccccc1)C(C(=O)c1ccc(F)cc1)c1ccccc1.CC(C)c1c(C(=O)Nc2ccccc2)c(-c2ccccc2)c(-c2ccc(F)cc2)n1CCC(=O)N1CCOCC1.[C-]#[N+]CC(=O)OC. The quantitative estimate of drug-likeness (QED) is 0.0395. The Kier molecular flexibility index (Phi) is 21.6. The van der Waals surface area contributed by atoms with Crippen LogP contribution in [0.5, 0.6) is 0 Å². The summed E-state index contributed by atoms with van der Waals surface area (Å²) < 4.78 is 39.1. The Bertz CT molecular complexity index is 3160. The Balaban J connectivity index is 0.000000231. The van der Waals surface area contributed by atoms with E-state index in [9.17, 15) is 37.5 Å². The van der Waals surface area contributed by atoms with E-state index in [1.807, 2.05) is 71.6 Å². The second-order valence-corrected chi connectivity index (χ2v) is 18.8. The van der Waals surface area contributed by atoms with E-state index in [4.69, 9.17) is 11.3 Å². The number of aromatic nitrogens is 1. The number of hydrogen-bond acceptors (Lipinski definition) is 8. The fourth-order valence-corrected chi connectivity index (χ4v) is 9.01. The maximum atomic E-state index is 14.1. The number of rotatable bonds is 17. The molecular formula is C63H63F2N5O8. The lowest BCUT2D eigenvalue weighted by Crippen LogP contribution is -2.41. The number of esters is 1. The lowest BCUT2D eigenvalue weighted by Gasteiger charge is -2.27. The van der Waals surface area contributed by atoms with Crippen LogP contribution in [0.1, 0.15) is 77.9 Å². The number of nitrogens with zero attached hydrogens (tertiary/aromatic N) is 3. The van der Waals surface area contributed by atoms with E-state index in [1.54, 1.807) is 80.6 Å². The molecule has 1 fully saturated rings. The summed E-state index contributed by atoms with van der Waals surface area (Å²) in [4.78, 5) is 82.0. The zero-order valence-electron chi connectivity index (χ0n) is 44.3. The molecule has 0 aliphatic carbocycles. The average Bonchev–Trinajstić information content (AvgIpc) is 3.82. The van der Waals surface area contributed by atoms with Crippen LogP contribution >= 0.6 is 0 Å². The van der Waals surface area contributed by atoms with E-state index < -0.39 is 41.2 Å². The third kappa shape index (κ3) is 15.6. The molecule has 0 radical (unpaired) electrons. The van der Waals surface area contributed by atoms with E-state index >= 15 is 0 Å². The first kappa shape index (κ1) is 58.4. The van der Waals surface area contributed by atoms with Gasteiger partial charge in [0, 0.05) is 60.2 Å². The molecule has 402 valence electrons. The van der Waals surface area contributed by atoms with Gasteiger partial charge in [0.2, 0.25) is 11.8 Å². The lowest BCUT2D eigenvalue weighted by molar-refractivity contribution is -0.138. The van der Waals surface area contributed by atoms with Crippen LogP contribution in [-0.4, -0.2) is 84.7 Å². The summed E-state index contributed by atoms with van der Waals surface area (Å²) in [6.07, 6.45) is 0.274. The maximum Gasteiger partial charge on any atom is 0.386 e. The van der Waals surface area contributed by atoms with Crippen molar-refractivity contribution >= 4 is 46.6 Å². The molecule has 78 heavy (non-hydrogen) atoms. The number of Topliss-reactive ketones (excluding diaryl/α,β-unsaturated/α-hetero) is 2. The van der Waals surface area contributed by atoms with E-state index in [0.717, 1.165) is 28.1 Å². The van der Waals surface area contributed by atoms with Gasteiger partial charge in [0.05, 0.1) is 37.5 Å². The number of para-hydroxylation sites is 2. The summed E-state index contributed by atoms with van der Waals surface area (Å²) >= 11 is 0. The molecule has 7 aromatic rings. The molecule has 6 aromatic carbocycles. The molecule has 2 atom stereocenters. The summed E-state index contributed by atoms with van der Waals surface area (Å²) in [5.41, 5.74) is 6.63. The number of benzene rings is 6. The highest BCUT2D eigenvalue weighted by molar-refractivity contribution is 6.15. The molecule has 3 amide bonds. The summed E-state index contributed by atoms with van der Waals surface area (Å²) in [5, 5.41) is 5.85. The summed E-state index contributed by atoms with van der Waals surface area (Å²) in [7, 11) is 1.26. The molecule has 2 unspecified atom stereocenters. The molecule has 0 spiro atoms. The summed E-state index contributed by atoms with van der Waals surface area (Å²) in [6.45, 7) is 16.1. The minimum absolute atomic E-state index is 0.0355. The van der Waals surface area contributed by atoms with Crippen LogP contribution in [0, 0.1) is 30.0 Å². The van der Waals surface area contributed by atoms with Gasteiger partial charge in [-0.05, 0) is 95.4 Å². The normalized spacial score (nSPS) is 12.6. The Hall–Kier alpha value is -8.87. The van der Waals surface area contributed by atoms with E-state index in [0.29, 0.717) is 55.3 Å². The Morgan fingerprint density at radius 2 is 1.18 bits per heavy atom. The van der Waals surface area contributed by atoms with Crippen molar-refractivity contribution < 1.29 is 47.0 Å². The number of carbonyl (C=O) groups excluding carboxylic acids is 6. The second-order valence-electron chi connectivity index (χ2n) is 18.8. The fourth-order valence-electron chi connectivity index (χ4n) is 9.01. The molecule has 1 aromatic heterocycles. The van der Waals surface area contributed by atoms with Crippen molar-refractivity contribution in [2.24, 2.45) is 11.8 Å². The van der Waals surface area contributed by atoms with Crippen LogP contribution in [-0.2, 0) is 35.2 Å². The maximum absolute atomic E-state index is 14.1. The molecule has 15 heteroatoms. The van der Waals surface area contributed by atoms with Crippen molar-refractivity contribution in [2.45, 2.75) is 52.5 Å². The molecule has 0 saturated carbocycles. The van der Waals surface area contributed by atoms with E-state index in [-0.39, 0.29) is 47.9 Å². The highest BCUT2D eigenvalue weighted by Crippen LogP contribution is 2.43. The van der Waals surface area contributed by atoms with Crippen molar-refractivity contribution in [1.82, 2.24) is 9.47 Å². The highest BCUT2D eigenvalue weighted by atomic mass is 19.1. The van der Waals surface area contributed by atoms with E-state index in [2.05, 4.69) is 38.6 Å². The number of methoxy groups -OCH3 is 1. The zero-order valence-corrected chi connectivity index (χ0v) is 44.3. The first-order valence-electron chi connectivity index (χ1n) is 25.6. The monoisotopic (exact) mass is 1060 g/mol. The number of ketones is 2. The lowest BCUT2D eigenvalue weighted by atomic mass is 9.75. The molecule has 1 saturated heterocycles. The predicted molar refractivity (Wildman–Crippen MR) is 298 cm³/mol. The number of carbonyl (C=O) groups is 6. The first-order valence-corrected chi connectivity index (χ1v) is 25.6. The number of nitrogens with one attached hydrogen (secondary N) is 2. The molecule has 2 N–H and O–H groups in total. The zero-order chi connectivity index (χ0) is 56.1. The van der Waals surface area contributed by atoms with Gasteiger partial charge >= 0.3 is 12.5 Å². The molecule has 1 aliphatic rings. The Morgan fingerprint density at radius 3 is 1.68 bits per heavy atom. The Morgan fingerprint density at radius 1 is 0.667 bits per heavy atom.